The minimum atomic E-state index is -0.504. The molecule has 1 aromatic heterocycles. The topological polar surface area (TPSA) is 154 Å². The molecule has 0 atom stereocenters. The van der Waals surface area contributed by atoms with E-state index in [1.165, 1.54) is 30.3 Å². The summed E-state index contributed by atoms with van der Waals surface area (Å²) in [6.07, 6.45) is 1.30. The van der Waals surface area contributed by atoms with Crippen LogP contribution in [0, 0.1) is 44.1 Å². The molecule has 0 amide bonds. The normalized spacial score (nSPS) is 10.2. The van der Waals surface area contributed by atoms with Gasteiger partial charge in [-0.15, -0.1) is 0 Å². The number of hydrogen-bond acceptors (Lipinski definition) is 7. The van der Waals surface area contributed by atoms with E-state index >= 15 is 0 Å². The third-order valence-electron chi connectivity index (χ3n) is 3.18. The first-order chi connectivity index (χ1) is 12.0. The van der Waals surface area contributed by atoms with E-state index in [0.717, 1.165) is 0 Å². The number of nitro groups is 1. The smallest absolute Gasteiger partial charge is 0.269 e. The average molecular weight is 331 g/mol. The van der Waals surface area contributed by atoms with Crippen LogP contribution in [0.15, 0.2) is 57.7 Å². The Kier molecular flexibility index (Phi) is 4.95. The van der Waals surface area contributed by atoms with E-state index in [2.05, 4.69) is 0 Å². The molecule has 0 unspecified atom stereocenters. The first kappa shape index (κ1) is 17.0. The SMILES string of the molecule is N#CC(C#N)=C(N)/C(C#N)=C/c1ccc(-c2ccc([N+](=O)[O-])cc2)o1. The van der Waals surface area contributed by atoms with Crippen molar-refractivity contribution in [3.63, 3.8) is 0 Å². The molecule has 2 rings (SSSR count). The number of nitrogens with zero attached hydrogens (tertiary/aromatic N) is 4. The molecule has 120 valence electrons. The minimum absolute atomic E-state index is 0.0411. The van der Waals surface area contributed by atoms with E-state index in [4.69, 9.17) is 25.9 Å². The van der Waals surface area contributed by atoms with Gasteiger partial charge in [0.15, 0.2) is 5.57 Å². The lowest BCUT2D eigenvalue weighted by molar-refractivity contribution is -0.384. The molecule has 0 aliphatic carbocycles. The third-order valence-corrected chi connectivity index (χ3v) is 3.18. The van der Waals surface area contributed by atoms with Crippen LogP contribution in [0.4, 0.5) is 5.69 Å². The summed E-state index contributed by atoms with van der Waals surface area (Å²) in [7, 11) is 0. The Hall–Kier alpha value is -4.35. The average Bonchev–Trinajstić information content (AvgIpc) is 3.09. The second kappa shape index (κ2) is 7.28. The van der Waals surface area contributed by atoms with Crippen molar-refractivity contribution in [1.29, 1.82) is 15.8 Å². The zero-order chi connectivity index (χ0) is 18.4. The zero-order valence-electron chi connectivity index (χ0n) is 12.6. The highest BCUT2D eigenvalue weighted by Crippen LogP contribution is 2.26. The van der Waals surface area contributed by atoms with Crippen LogP contribution in [0.25, 0.3) is 17.4 Å². The van der Waals surface area contributed by atoms with Crippen molar-refractivity contribution >= 4 is 11.8 Å². The van der Waals surface area contributed by atoms with Crippen molar-refractivity contribution in [3.05, 3.63) is 69.1 Å². The van der Waals surface area contributed by atoms with E-state index in [-0.39, 0.29) is 28.3 Å². The molecule has 0 saturated carbocycles. The van der Waals surface area contributed by atoms with Gasteiger partial charge in [-0.3, -0.25) is 10.1 Å². The molecule has 8 heteroatoms. The first-order valence-electron chi connectivity index (χ1n) is 6.77. The van der Waals surface area contributed by atoms with Crippen molar-refractivity contribution < 1.29 is 9.34 Å². The maximum absolute atomic E-state index is 10.7. The molecule has 1 heterocycles. The maximum atomic E-state index is 10.7. The number of rotatable bonds is 4. The molecule has 0 spiro atoms. The minimum Gasteiger partial charge on any atom is -0.457 e. The van der Waals surface area contributed by atoms with E-state index in [1.807, 2.05) is 6.07 Å². The fourth-order valence-corrected chi connectivity index (χ4v) is 1.93. The molecule has 1 aromatic carbocycles. The first-order valence-corrected chi connectivity index (χ1v) is 6.77. The Morgan fingerprint density at radius 1 is 1.08 bits per heavy atom. The number of nitrogens with two attached hydrogens (primary N) is 1. The maximum Gasteiger partial charge on any atom is 0.269 e. The quantitative estimate of drug-likeness (QED) is 0.391. The predicted molar refractivity (Wildman–Crippen MR) is 86.8 cm³/mol. The van der Waals surface area contributed by atoms with Gasteiger partial charge in [-0.05, 0) is 24.3 Å². The van der Waals surface area contributed by atoms with Gasteiger partial charge in [0, 0.05) is 23.8 Å². The molecule has 25 heavy (non-hydrogen) atoms. The molecule has 0 bridgehead atoms. The van der Waals surface area contributed by atoms with Gasteiger partial charge < -0.3 is 10.2 Å². The Labute approximate surface area is 142 Å². The van der Waals surface area contributed by atoms with E-state index < -0.39 is 4.92 Å². The highest BCUT2D eigenvalue weighted by Gasteiger charge is 2.11. The van der Waals surface area contributed by atoms with Crippen LogP contribution < -0.4 is 5.73 Å². The Morgan fingerprint density at radius 3 is 2.24 bits per heavy atom. The molecule has 0 radical (unpaired) electrons. The number of nitriles is 3. The fraction of sp³-hybridized carbons (Fsp3) is 0. The Bertz CT molecular complexity index is 992. The van der Waals surface area contributed by atoms with Crippen LogP contribution in [0.3, 0.4) is 0 Å². The van der Waals surface area contributed by atoms with Crippen LogP contribution in [0.5, 0.6) is 0 Å². The predicted octanol–water partition coefficient (Wildman–Crippen LogP) is 3.02. The van der Waals surface area contributed by atoms with Crippen LogP contribution in [-0.4, -0.2) is 4.92 Å². The Balaban J connectivity index is 2.37. The van der Waals surface area contributed by atoms with Gasteiger partial charge in [0.25, 0.3) is 5.69 Å². The molecule has 8 nitrogen and oxygen atoms in total. The largest absolute Gasteiger partial charge is 0.457 e. The zero-order valence-corrected chi connectivity index (χ0v) is 12.6. The van der Waals surface area contributed by atoms with Crippen molar-refractivity contribution in [1.82, 2.24) is 0 Å². The molecule has 0 aliphatic heterocycles. The fourth-order valence-electron chi connectivity index (χ4n) is 1.93. The van der Waals surface area contributed by atoms with E-state index in [9.17, 15) is 10.1 Å². The lowest BCUT2D eigenvalue weighted by Crippen LogP contribution is -2.03. The molecular formula is C17H9N5O3. The Morgan fingerprint density at radius 2 is 1.72 bits per heavy atom. The number of nitro benzene ring substituents is 1. The van der Waals surface area contributed by atoms with Gasteiger partial charge >= 0.3 is 0 Å². The summed E-state index contributed by atoms with van der Waals surface area (Å²) in [5.74, 6) is 0.713. The van der Waals surface area contributed by atoms with Crippen LogP contribution in [0.1, 0.15) is 5.76 Å². The highest BCUT2D eigenvalue weighted by atomic mass is 16.6. The summed E-state index contributed by atoms with van der Waals surface area (Å²) in [4.78, 5) is 10.2. The summed E-state index contributed by atoms with van der Waals surface area (Å²) in [5.41, 5.74) is 5.53. The molecule has 2 aromatic rings. The van der Waals surface area contributed by atoms with Gasteiger partial charge in [0.05, 0.1) is 16.2 Å². The lowest BCUT2D eigenvalue weighted by atomic mass is 10.1. The molecular weight excluding hydrogens is 322 g/mol. The lowest BCUT2D eigenvalue weighted by Gasteiger charge is -1.98. The van der Waals surface area contributed by atoms with Gasteiger partial charge in [0.1, 0.15) is 29.7 Å². The van der Waals surface area contributed by atoms with Crippen molar-refractivity contribution in [3.8, 4) is 29.5 Å². The second-order valence-corrected chi connectivity index (χ2v) is 4.69. The number of allylic oxidation sites excluding steroid dienone is 2. The monoisotopic (exact) mass is 331 g/mol. The number of furan rings is 1. The number of non-ortho nitro benzene ring substituents is 1. The van der Waals surface area contributed by atoms with Crippen molar-refractivity contribution in [2.75, 3.05) is 0 Å². The second-order valence-electron chi connectivity index (χ2n) is 4.69. The summed E-state index contributed by atoms with van der Waals surface area (Å²) in [5, 5.41) is 37.4. The van der Waals surface area contributed by atoms with Gasteiger partial charge in [-0.1, -0.05) is 0 Å². The van der Waals surface area contributed by atoms with Crippen LogP contribution in [0.2, 0.25) is 0 Å². The van der Waals surface area contributed by atoms with E-state index in [1.54, 1.807) is 24.3 Å². The summed E-state index contributed by atoms with van der Waals surface area (Å²) in [6, 6.07) is 14.0. The molecule has 0 saturated heterocycles. The van der Waals surface area contributed by atoms with Crippen molar-refractivity contribution in [2.45, 2.75) is 0 Å². The standard InChI is InChI=1S/C17H9N5O3/c18-8-12(17(21)13(9-19)10-20)7-15-5-6-16(25-15)11-1-3-14(4-2-11)22(23)24/h1-7H,21H2/b12-7+. The van der Waals surface area contributed by atoms with Gasteiger partial charge in [-0.2, -0.15) is 15.8 Å². The summed E-state index contributed by atoms with van der Waals surface area (Å²) >= 11 is 0. The van der Waals surface area contributed by atoms with Crippen LogP contribution in [-0.2, 0) is 0 Å². The van der Waals surface area contributed by atoms with Crippen molar-refractivity contribution in [2.24, 2.45) is 5.73 Å². The highest BCUT2D eigenvalue weighted by molar-refractivity contribution is 5.66. The van der Waals surface area contributed by atoms with Gasteiger partial charge in [-0.25, -0.2) is 0 Å². The molecule has 2 N–H and O–H groups in total. The molecule has 0 fully saturated rings. The number of hydrogen-bond donors (Lipinski definition) is 1. The molecule has 0 aliphatic rings. The van der Waals surface area contributed by atoms with Crippen LogP contribution >= 0.6 is 0 Å². The summed E-state index contributed by atoms with van der Waals surface area (Å²) < 4.78 is 5.56. The number of benzene rings is 1. The third kappa shape index (κ3) is 3.70. The van der Waals surface area contributed by atoms with E-state index in [0.29, 0.717) is 11.3 Å². The summed E-state index contributed by atoms with van der Waals surface area (Å²) in [6.45, 7) is 0. The van der Waals surface area contributed by atoms with Gasteiger partial charge in [0.2, 0.25) is 0 Å².